The van der Waals surface area contributed by atoms with Crippen molar-refractivity contribution in [2.75, 3.05) is 10.6 Å². The molecule has 0 unspecified atom stereocenters. The number of carbonyl (C=O) groups is 2. The Morgan fingerprint density at radius 2 is 1.93 bits per heavy atom. The van der Waals surface area contributed by atoms with Gasteiger partial charge in [-0.15, -0.1) is 0 Å². The number of aryl methyl sites for hydroxylation is 2. The van der Waals surface area contributed by atoms with Crippen molar-refractivity contribution in [3.8, 4) is 0 Å². The van der Waals surface area contributed by atoms with Gasteiger partial charge in [0, 0.05) is 33.4 Å². The summed E-state index contributed by atoms with van der Waals surface area (Å²) in [6.45, 7) is 3.88. The third-order valence-electron chi connectivity index (χ3n) is 4.48. The van der Waals surface area contributed by atoms with Crippen LogP contribution in [0.4, 0.5) is 16.2 Å². The van der Waals surface area contributed by atoms with Crippen molar-refractivity contribution in [2.45, 2.75) is 32.4 Å². The number of amides is 2. The lowest BCUT2D eigenvalue weighted by Crippen LogP contribution is -2.42. The Morgan fingerprint density at radius 3 is 2.59 bits per heavy atom. The predicted octanol–water partition coefficient (Wildman–Crippen LogP) is 4.74. The number of rotatable bonds is 3. The van der Waals surface area contributed by atoms with Gasteiger partial charge in [0.25, 0.3) is 0 Å². The number of aliphatic carboxylic acids is 1. The Hall–Kier alpha value is -2.44. The van der Waals surface area contributed by atoms with Gasteiger partial charge in [0.15, 0.2) is 0 Å². The molecule has 142 valence electrons. The molecule has 0 bridgehead atoms. The first kappa shape index (κ1) is 19.3. The minimum absolute atomic E-state index is 0.157. The monoisotopic (exact) mass is 407 g/mol. The lowest BCUT2D eigenvalue weighted by Gasteiger charge is -2.32. The van der Waals surface area contributed by atoms with Crippen LogP contribution in [-0.2, 0) is 4.79 Å². The van der Waals surface area contributed by atoms with Crippen LogP contribution in [0.25, 0.3) is 0 Å². The molecule has 0 spiro atoms. The Bertz CT molecular complexity index is 917. The topological polar surface area (TPSA) is 90.5 Å². The fraction of sp³-hybridized carbons (Fsp3) is 0.263. The second-order valence-corrected chi connectivity index (χ2v) is 7.43. The lowest BCUT2D eigenvalue weighted by molar-refractivity contribution is -0.138. The van der Waals surface area contributed by atoms with Crippen molar-refractivity contribution in [2.24, 2.45) is 0 Å². The smallest absolute Gasteiger partial charge is 0.326 e. The molecule has 0 radical (unpaired) electrons. The highest BCUT2D eigenvalue weighted by molar-refractivity contribution is 6.35. The molecule has 1 aliphatic rings. The first-order valence-corrected chi connectivity index (χ1v) is 9.13. The van der Waals surface area contributed by atoms with Gasteiger partial charge in [0.05, 0.1) is 6.04 Å². The first-order chi connectivity index (χ1) is 12.7. The largest absolute Gasteiger partial charge is 0.480 e. The van der Waals surface area contributed by atoms with Gasteiger partial charge in [-0.3, -0.25) is 0 Å². The number of fused-ring (bicyclic) bond motifs is 1. The second kappa shape index (κ2) is 7.66. The summed E-state index contributed by atoms with van der Waals surface area (Å²) in [5.74, 6) is -1.02. The molecule has 1 heterocycles. The minimum atomic E-state index is -1.02. The van der Waals surface area contributed by atoms with Crippen LogP contribution in [0.5, 0.6) is 0 Å². The summed E-state index contributed by atoms with van der Waals surface area (Å²) >= 11 is 12.3. The van der Waals surface area contributed by atoms with E-state index in [9.17, 15) is 14.7 Å². The van der Waals surface area contributed by atoms with Gasteiger partial charge in [0.2, 0.25) is 0 Å². The highest BCUT2D eigenvalue weighted by Gasteiger charge is 2.33. The van der Waals surface area contributed by atoms with Gasteiger partial charge in [-0.1, -0.05) is 40.9 Å². The van der Waals surface area contributed by atoms with Crippen LogP contribution in [-0.4, -0.2) is 23.1 Å². The number of hydrogen-bond acceptors (Lipinski definition) is 3. The van der Waals surface area contributed by atoms with Gasteiger partial charge in [0.1, 0.15) is 6.04 Å². The van der Waals surface area contributed by atoms with Crippen LogP contribution >= 0.6 is 23.2 Å². The summed E-state index contributed by atoms with van der Waals surface area (Å²) in [5.41, 5.74) is 3.84. The van der Waals surface area contributed by atoms with Gasteiger partial charge in [-0.05, 0) is 37.6 Å². The number of urea groups is 1. The molecule has 2 aromatic carbocycles. The molecule has 27 heavy (non-hydrogen) atoms. The van der Waals surface area contributed by atoms with E-state index in [1.165, 1.54) is 0 Å². The third kappa shape index (κ3) is 4.28. The summed E-state index contributed by atoms with van der Waals surface area (Å²) < 4.78 is 0. The van der Waals surface area contributed by atoms with Crippen molar-refractivity contribution < 1.29 is 14.7 Å². The molecular formula is C19H19Cl2N3O3. The second-order valence-electron chi connectivity index (χ2n) is 6.59. The zero-order chi connectivity index (χ0) is 19.7. The minimum Gasteiger partial charge on any atom is -0.480 e. The number of benzene rings is 2. The molecule has 8 heteroatoms. The number of anilines is 2. The van der Waals surface area contributed by atoms with Gasteiger partial charge >= 0.3 is 12.0 Å². The van der Waals surface area contributed by atoms with Crippen LogP contribution in [0.15, 0.2) is 30.3 Å². The Labute approximate surface area is 166 Å². The summed E-state index contributed by atoms with van der Waals surface area (Å²) in [5, 5.41) is 18.7. The fourth-order valence-electron chi connectivity index (χ4n) is 3.22. The summed E-state index contributed by atoms with van der Waals surface area (Å²) in [6, 6.07) is 7.01. The number of halogens is 2. The van der Waals surface area contributed by atoms with Gasteiger partial charge in [-0.2, -0.15) is 0 Å². The zero-order valence-corrected chi connectivity index (χ0v) is 16.3. The highest BCUT2D eigenvalue weighted by Crippen LogP contribution is 2.39. The summed E-state index contributed by atoms with van der Waals surface area (Å²) in [6.07, 6.45) is 0.157. The van der Waals surface area contributed by atoms with Crippen LogP contribution in [0.1, 0.15) is 29.2 Å². The maximum Gasteiger partial charge on any atom is 0.326 e. The fourth-order valence-corrected chi connectivity index (χ4v) is 3.85. The molecule has 0 saturated carbocycles. The van der Waals surface area contributed by atoms with Crippen LogP contribution < -0.4 is 16.0 Å². The number of carbonyl (C=O) groups excluding carboxylic acids is 1. The molecule has 0 fully saturated rings. The maximum absolute atomic E-state index is 12.5. The molecule has 0 aromatic heterocycles. The Morgan fingerprint density at radius 1 is 1.19 bits per heavy atom. The van der Waals surface area contributed by atoms with E-state index in [1.54, 1.807) is 12.1 Å². The standard InChI is InChI=1S/C19H19Cl2N3O3/c1-9-3-4-13(10(2)5-9)23-19(27)24-15-8-16(18(25)26)22-14-7-11(20)6-12(21)17(14)15/h3-7,15-16,22H,8H2,1-2H3,(H,25,26)(H2,23,24,27)/t15-,16+/m1/s1. The van der Waals surface area contributed by atoms with Crippen LogP contribution in [0.2, 0.25) is 10.0 Å². The summed E-state index contributed by atoms with van der Waals surface area (Å²) in [4.78, 5) is 24.0. The number of nitrogens with one attached hydrogen (secondary N) is 3. The average Bonchev–Trinajstić information content (AvgIpc) is 2.56. The lowest BCUT2D eigenvalue weighted by atomic mass is 9.93. The average molecular weight is 408 g/mol. The zero-order valence-electron chi connectivity index (χ0n) is 14.8. The molecule has 0 aliphatic carbocycles. The van der Waals surface area contributed by atoms with E-state index in [4.69, 9.17) is 23.2 Å². The molecule has 6 nitrogen and oxygen atoms in total. The Balaban J connectivity index is 1.85. The molecule has 4 N–H and O–H groups in total. The van der Waals surface area contributed by atoms with Gasteiger partial charge < -0.3 is 21.1 Å². The number of carboxylic acids is 1. The molecule has 2 amide bonds. The molecule has 1 aliphatic heterocycles. The van der Waals surface area contributed by atoms with E-state index in [0.717, 1.165) is 11.1 Å². The SMILES string of the molecule is Cc1ccc(NC(=O)N[C@@H]2C[C@@H](C(=O)O)Nc3cc(Cl)cc(Cl)c32)c(C)c1. The number of carboxylic acid groups (broad SMARTS) is 1. The van der Waals surface area contributed by atoms with Gasteiger partial charge in [-0.25, -0.2) is 9.59 Å². The van der Waals surface area contributed by atoms with Crippen molar-refractivity contribution >= 4 is 46.6 Å². The van der Waals surface area contributed by atoms with E-state index in [1.807, 2.05) is 32.0 Å². The normalized spacial score (nSPS) is 18.2. The summed E-state index contributed by atoms with van der Waals surface area (Å²) in [7, 11) is 0. The maximum atomic E-state index is 12.5. The molecule has 2 atom stereocenters. The van der Waals surface area contributed by atoms with Crippen LogP contribution in [0.3, 0.4) is 0 Å². The van der Waals surface area contributed by atoms with Crippen molar-refractivity contribution in [3.63, 3.8) is 0 Å². The molecule has 3 rings (SSSR count). The van der Waals surface area contributed by atoms with Crippen molar-refractivity contribution in [1.82, 2.24) is 5.32 Å². The highest BCUT2D eigenvalue weighted by atomic mass is 35.5. The molecule has 0 saturated heterocycles. The van der Waals surface area contributed by atoms with E-state index in [-0.39, 0.29) is 6.42 Å². The van der Waals surface area contributed by atoms with E-state index < -0.39 is 24.1 Å². The quantitative estimate of drug-likeness (QED) is 0.591. The molecule has 2 aromatic rings. The van der Waals surface area contributed by atoms with E-state index in [0.29, 0.717) is 27.0 Å². The van der Waals surface area contributed by atoms with E-state index in [2.05, 4.69) is 16.0 Å². The van der Waals surface area contributed by atoms with Crippen molar-refractivity contribution in [3.05, 3.63) is 57.1 Å². The number of hydrogen-bond donors (Lipinski definition) is 4. The third-order valence-corrected chi connectivity index (χ3v) is 5.01. The first-order valence-electron chi connectivity index (χ1n) is 8.37. The van der Waals surface area contributed by atoms with E-state index >= 15 is 0 Å². The Kier molecular flexibility index (Phi) is 5.48. The van der Waals surface area contributed by atoms with Crippen LogP contribution in [0, 0.1) is 13.8 Å². The molecular weight excluding hydrogens is 389 g/mol. The predicted molar refractivity (Wildman–Crippen MR) is 107 cm³/mol. The van der Waals surface area contributed by atoms with Crippen molar-refractivity contribution in [1.29, 1.82) is 0 Å².